The zero-order valence-corrected chi connectivity index (χ0v) is 52.3. The fourth-order valence-corrected chi connectivity index (χ4v) is 9.15. The Bertz CT molecular complexity index is 1650. The average molecular weight is 1110 g/mol. The van der Waals surface area contributed by atoms with Gasteiger partial charge in [0.1, 0.15) is 13.2 Å². The summed E-state index contributed by atoms with van der Waals surface area (Å²) >= 11 is 0. The molecule has 0 amide bonds. The maximum atomic E-state index is 12.9. The number of hydrogen-bond donors (Lipinski definition) is 0. The van der Waals surface area contributed by atoms with Crippen LogP contribution in [0.15, 0.2) is 122 Å². The third-order valence-electron chi connectivity index (χ3n) is 14.2. The molecule has 6 nitrogen and oxygen atoms in total. The molecule has 0 saturated carbocycles. The van der Waals surface area contributed by atoms with Gasteiger partial charge in [-0.15, -0.1) is 0 Å². The van der Waals surface area contributed by atoms with Crippen LogP contribution in [0.25, 0.3) is 0 Å². The number of allylic oxidation sites excluding steroid dienone is 20. The normalized spacial score (nSPS) is 12.9. The Morgan fingerprint density at radius 3 is 0.787 bits per heavy atom. The second-order valence-corrected chi connectivity index (χ2v) is 22.0. The van der Waals surface area contributed by atoms with E-state index in [1.165, 1.54) is 135 Å². The molecule has 0 aromatic carbocycles. The lowest BCUT2D eigenvalue weighted by Crippen LogP contribution is -2.30. The molecule has 0 saturated heterocycles. The molecule has 6 heteroatoms. The molecule has 1 unspecified atom stereocenters. The van der Waals surface area contributed by atoms with Crippen molar-refractivity contribution in [3.05, 3.63) is 122 Å². The summed E-state index contributed by atoms with van der Waals surface area (Å²) in [4.78, 5) is 38.4. The average Bonchev–Trinajstić information content (AvgIpc) is 3.46. The molecule has 0 fully saturated rings. The van der Waals surface area contributed by atoms with Gasteiger partial charge < -0.3 is 14.2 Å². The molecule has 0 aliphatic carbocycles. The fraction of sp³-hybridized carbons (Fsp3) is 0.689. The lowest BCUT2D eigenvalue weighted by molar-refractivity contribution is -0.167. The van der Waals surface area contributed by atoms with Crippen LogP contribution in [-0.4, -0.2) is 37.2 Å². The van der Waals surface area contributed by atoms with Crippen molar-refractivity contribution in [1.29, 1.82) is 0 Å². The maximum Gasteiger partial charge on any atom is 0.306 e. The molecular formula is C74H124O6. The summed E-state index contributed by atoms with van der Waals surface area (Å²) in [5.41, 5.74) is 0. The SMILES string of the molecule is CC/C=C\C/C=C\C/C=C\C/C=C\C/C=C\C/C=C\C/C=C\CCCCCCCCCC(=O)OCC(COC(=O)CCCCCCC/C=C\C/C=C\CCCCCC)OC(=O)CCCCCCCCC/C=C\CCCCCCCC. The Kier molecular flexibility index (Phi) is 63.8. The number of carbonyl (C=O) groups excluding carboxylic acids is 3. The minimum Gasteiger partial charge on any atom is -0.462 e. The summed E-state index contributed by atoms with van der Waals surface area (Å²) in [6.45, 7) is 6.50. The maximum absolute atomic E-state index is 12.9. The topological polar surface area (TPSA) is 78.9 Å². The first-order chi connectivity index (χ1) is 39.5. The van der Waals surface area contributed by atoms with Crippen LogP contribution in [0, 0.1) is 0 Å². The number of ether oxygens (including phenoxy) is 3. The van der Waals surface area contributed by atoms with E-state index in [9.17, 15) is 14.4 Å². The van der Waals surface area contributed by atoms with Crippen molar-refractivity contribution < 1.29 is 28.6 Å². The van der Waals surface area contributed by atoms with Crippen molar-refractivity contribution in [3.63, 3.8) is 0 Å². The highest BCUT2D eigenvalue weighted by atomic mass is 16.6. The van der Waals surface area contributed by atoms with Crippen LogP contribution >= 0.6 is 0 Å². The quantitative estimate of drug-likeness (QED) is 0.0261. The van der Waals surface area contributed by atoms with E-state index < -0.39 is 6.10 Å². The molecule has 0 spiro atoms. The van der Waals surface area contributed by atoms with Crippen LogP contribution in [0.3, 0.4) is 0 Å². The highest BCUT2D eigenvalue weighted by Crippen LogP contribution is 2.15. The smallest absolute Gasteiger partial charge is 0.306 e. The Labute approximate surface area is 494 Å². The summed E-state index contributed by atoms with van der Waals surface area (Å²) in [7, 11) is 0. The van der Waals surface area contributed by atoms with Gasteiger partial charge in [-0.05, 0) is 135 Å². The minimum absolute atomic E-state index is 0.0915. The second-order valence-electron chi connectivity index (χ2n) is 22.0. The first-order valence-corrected chi connectivity index (χ1v) is 33.5. The molecule has 0 heterocycles. The van der Waals surface area contributed by atoms with Crippen LogP contribution in [0.1, 0.15) is 310 Å². The Morgan fingerprint density at radius 1 is 0.263 bits per heavy atom. The largest absolute Gasteiger partial charge is 0.462 e. The van der Waals surface area contributed by atoms with Gasteiger partial charge in [-0.1, -0.05) is 277 Å². The van der Waals surface area contributed by atoms with Crippen molar-refractivity contribution in [3.8, 4) is 0 Å². The van der Waals surface area contributed by atoms with E-state index in [4.69, 9.17) is 14.2 Å². The summed E-state index contributed by atoms with van der Waals surface area (Å²) in [5, 5.41) is 0. The Hall–Kier alpha value is -4.19. The van der Waals surface area contributed by atoms with E-state index in [0.717, 1.165) is 135 Å². The van der Waals surface area contributed by atoms with Crippen LogP contribution < -0.4 is 0 Å². The van der Waals surface area contributed by atoms with E-state index >= 15 is 0 Å². The summed E-state index contributed by atoms with van der Waals surface area (Å²) in [5.74, 6) is -0.912. The molecule has 0 aliphatic heterocycles. The number of unbranched alkanes of at least 4 members (excludes halogenated alkanes) is 29. The Morgan fingerprint density at radius 2 is 0.487 bits per heavy atom. The van der Waals surface area contributed by atoms with Crippen molar-refractivity contribution in [1.82, 2.24) is 0 Å². The molecule has 0 radical (unpaired) electrons. The van der Waals surface area contributed by atoms with Crippen LogP contribution in [0.4, 0.5) is 0 Å². The highest BCUT2D eigenvalue weighted by molar-refractivity contribution is 5.71. The molecule has 0 rings (SSSR count). The zero-order valence-electron chi connectivity index (χ0n) is 52.3. The van der Waals surface area contributed by atoms with Gasteiger partial charge in [-0.3, -0.25) is 14.4 Å². The van der Waals surface area contributed by atoms with Crippen LogP contribution in [-0.2, 0) is 28.6 Å². The molecule has 0 bridgehead atoms. The fourth-order valence-electron chi connectivity index (χ4n) is 9.15. The molecule has 0 aromatic rings. The van der Waals surface area contributed by atoms with E-state index in [1.807, 2.05) is 0 Å². The van der Waals surface area contributed by atoms with Crippen LogP contribution in [0.5, 0.6) is 0 Å². The monoisotopic (exact) mass is 1110 g/mol. The third kappa shape index (κ3) is 64.6. The van der Waals surface area contributed by atoms with Crippen molar-refractivity contribution >= 4 is 17.9 Å². The number of carbonyl (C=O) groups is 3. The molecule has 80 heavy (non-hydrogen) atoms. The van der Waals surface area contributed by atoms with Gasteiger partial charge in [0.15, 0.2) is 6.10 Å². The number of rotatable bonds is 60. The molecule has 1 atom stereocenters. The molecular weight excluding hydrogens is 985 g/mol. The van der Waals surface area contributed by atoms with E-state index in [-0.39, 0.29) is 31.1 Å². The second kappa shape index (κ2) is 67.3. The molecule has 0 aromatic heterocycles. The zero-order chi connectivity index (χ0) is 57.8. The first-order valence-electron chi connectivity index (χ1n) is 33.5. The van der Waals surface area contributed by atoms with Gasteiger partial charge >= 0.3 is 17.9 Å². The lowest BCUT2D eigenvalue weighted by atomic mass is 10.1. The molecule has 456 valence electrons. The van der Waals surface area contributed by atoms with Gasteiger partial charge in [0.2, 0.25) is 0 Å². The van der Waals surface area contributed by atoms with E-state index in [2.05, 4.69) is 142 Å². The minimum atomic E-state index is -0.795. The third-order valence-corrected chi connectivity index (χ3v) is 14.2. The van der Waals surface area contributed by atoms with Crippen molar-refractivity contribution in [2.24, 2.45) is 0 Å². The van der Waals surface area contributed by atoms with Gasteiger partial charge in [0.25, 0.3) is 0 Å². The summed E-state index contributed by atoms with van der Waals surface area (Å²) in [6, 6.07) is 0. The number of hydrogen-bond acceptors (Lipinski definition) is 6. The first kappa shape index (κ1) is 75.8. The highest BCUT2D eigenvalue weighted by Gasteiger charge is 2.19. The summed E-state index contributed by atoms with van der Waals surface area (Å²) in [6.07, 6.45) is 93.4. The van der Waals surface area contributed by atoms with Crippen molar-refractivity contribution in [2.45, 2.75) is 316 Å². The van der Waals surface area contributed by atoms with Gasteiger partial charge in [0.05, 0.1) is 0 Å². The summed E-state index contributed by atoms with van der Waals surface area (Å²) < 4.78 is 16.9. The van der Waals surface area contributed by atoms with Gasteiger partial charge in [-0.2, -0.15) is 0 Å². The molecule has 0 aliphatic rings. The number of esters is 3. The van der Waals surface area contributed by atoms with Gasteiger partial charge in [-0.25, -0.2) is 0 Å². The van der Waals surface area contributed by atoms with E-state index in [1.54, 1.807) is 0 Å². The Balaban J connectivity index is 4.38. The van der Waals surface area contributed by atoms with Crippen LogP contribution in [0.2, 0.25) is 0 Å². The van der Waals surface area contributed by atoms with Gasteiger partial charge in [0, 0.05) is 19.3 Å². The predicted octanol–water partition coefficient (Wildman–Crippen LogP) is 23.2. The predicted molar refractivity (Wildman–Crippen MR) is 348 cm³/mol. The van der Waals surface area contributed by atoms with Crippen molar-refractivity contribution in [2.75, 3.05) is 13.2 Å². The lowest BCUT2D eigenvalue weighted by Gasteiger charge is -2.18. The van der Waals surface area contributed by atoms with E-state index in [0.29, 0.717) is 19.3 Å². The standard InChI is InChI=1S/C74H124O6/c1-4-7-10-13-16-19-22-25-28-31-32-33-34-35-36-37-38-39-40-41-42-44-46-49-52-55-58-61-64-67-73(76)79-70-71(69-78-72(75)66-63-60-57-54-51-48-45-30-27-24-21-18-15-12-9-6-3)80-74(77)68-65-62-59-56-53-50-47-43-29-26-23-20-17-14-11-8-5-2/h7,10,16,19,21,24-26,28-30,32-33,35-36,38-39,41-42,45,71H,4-6,8-9,11-15,17-18,20,22-23,27,31,34,37,40,43-44,46-70H2,1-3H3/b10-7-,19-16-,24-21-,28-25-,29-26-,33-32-,36-35-,39-38-,42-41-,45-30-. The molecule has 0 N–H and O–H groups in total.